The Morgan fingerprint density at radius 1 is 1.19 bits per heavy atom. The van der Waals surface area contributed by atoms with E-state index in [1.165, 1.54) is 11.8 Å². The summed E-state index contributed by atoms with van der Waals surface area (Å²) in [4.78, 5) is 12.3. The molecule has 1 aromatic heterocycles. The molecule has 0 atom stereocenters. The lowest BCUT2D eigenvalue weighted by Gasteiger charge is -2.11. The molecule has 0 spiro atoms. The zero-order chi connectivity index (χ0) is 22.4. The van der Waals surface area contributed by atoms with Crippen molar-refractivity contribution in [3.63, 3.8) is 0 Å². The lowest BCUT2D eigenvalue weighted by Crippen LogP contribution is -2.15. The summed E-state index contributed by atoms with van der Waals surface area (Å²) in [7, 11) is 0. The summed E-state index contributed by atoms with van der Waals surface area (Å²) in [5.41, 5.74) is 2.91. The van der Waals surface area contributed by atoms with E-state index < -0.39 is 0 Å². The highest BCUT2D eigenvalue weighted by atomic mass is 79.9. The van der Waals surface area contributed by atoms with Crippen LogP contribution in [-0.2, 0) is 11.2 Å². The van der Waals surface area contributed by atoms with Crippen molar-refractivity contribution in [2.75, 3.05) is 17.7 Å². The second kappa shape index (κ2) is 11.2. The average molecular weight is 545 g/mol. The number of ether oxygens (including phenoxy) is 1. The topological polar surface area (TPSA) is 77.2 Å². The van der Waals surface area contributed by atoms with Crippen LogP contribution in [0.4, 0.5) is 5.69 Å². The summed E-state index contributed by atoms with van der Waals surface area (Å²) in [5.74, 6) is 1.11. The predicted molar refractivity (Wildman–Crippen MR) is 128 cm³/mol. The first-order valence-corrected chi connectivity index (χ1v) is 12.0. The van der Waals surface area contributed by atoms with Gasteiger partial charge in [-0.1, -0.05) is 50.9 Å². The standard InChI is InChI=1S/C21H20BrCl2N3O3S/c1-12-13(2)17(7-6-15(12)22)25-19(28)11-31-21-27-26-20(30-21)4-3-9-29-18-8-5-14(23)10-16(18)24/h5-8,10H,3-4,9,11H2,1-2H3,(H,25,28). The van der Waals surface area contributed by atoms with Gasteiger partial charge in [0.05, 0.1) is 17.4 Å². The van der Waals surface area contributed by atoms with Crippen molar-refractivity contribution in [3.8, 4) is 5.75 Å². The SMILES string of the molecule is Cc1c(Br)ccc(NC(=O)CSc2nnc(CCCOc3ccc(Cl)cc3Cl)o2)c1C. The van der Waals surface area contributed by atoms with Crippen LogP contribution in [0.3, 0.4) is 0 Å². The Morgan fingerprint density at radius 3 is 2.77 bits per heavy atom. The minimum Gasteiger partial charge on any atom is -0.492 e. The number of aryl methyl sites for hydroxylation is 1. The van der Waals surface area contributed by atoms with Crippen LogP contribution in [0.2, 0.25) is 10.0 Å². The summed E-state index contributed by atoms with van der Waals surface area (Å²) in [6.45, 7) is 4.41. The van der Waals surface area contributed by atoms with Crippen LogP contribution in [0.25, 0.3) is 0 Å². The van der Waals surface area contributed by atoms with Crippen LogP contribution >= 0.6 is 50.9 Å². The second-order valence-electron chi connectivity index (χ2n) is 6.67. The van der Waals surface area contributed by atoms with E-state index in [0.29, 0.717) is 46.4 Å². The van der Waals surface area contributed by atoms with Crippen LogP contribution in [0.15, 0.2) is 44.4 Å². The van der Waals surface area contributed by atoms with Gasteiger partial charge >= 0.3 is 0 Å². The molecule has 31 heavy (non-hydrogen) atoms. The third-order valence-corrected chi connectivity index (χ3v) is 6.66. The molecule has 3 rings (SSSR count). The van der Waals surface area contributed by atoms with Crippen molar-refractivity contribution in [2.45, 2.75) is 31.9 Å². The molecular weight excluding hydrogens is 525 g/mol. The summed E-state index contributed by atoms with van der Waals surface area (Å²) in [6.07, 6.45) is 1.23. The van der Waals surface area contributed by atoms with Crippen molar-refractivity contribution in [1.29, 1.82) is 0 Å². The zero-order valence-electron chi connectivity index (χ0n) is 16.9. The second-order valence-corrected chi connectivity index (χ2v) is 9.29. The van der Waals surface area contributed by atoms with E-state index in [-0.39, 0.29) is 11.7 Å². The molecule has 1 amide bonds. The van der Waals surface area contributed by atoms with E-state index in [4.69, 9.17) is 32.4 Å². The zero-order valence-corrected chi connectivity index (χ0v) is 20.8. The number of carbonyl (C=O) groups is 1. The maximum absolute atomic E-state index is 12.3. The summed E-state index contributed by atoms with van der Waals surface area (Å²) < 4.78 is 12.2. The van der Waals surface area contributed by atoms with Crippen molar-refractivity contribution < 1.29 is 13.9 Å². The third kappa shape index (κ3) is 6.87. The van der Waals surface area contributed by atoms with Crippen molar-refractivity contribution in [3.05, 3.63) is 61.9 Å². The highest BCUT2D eigenvalue weighted by Crippen LogP contribution is 2.28. The smallest absolute Gasteiger partial charge is 0.277 e. The van der Waals surface area contributed by atoms with Gasteiger partial charge < -0.3 is 14.5 Å². The Hall–Kier alpha value is -1.74. The lowest BCUT2D eigenvalue weighted by molar-refractivity contribution is -0.113. The van der Waals surface area contributed by atoms with E-state index in [0.717, 1.165) is 21.3 Å². The fourth-order valence-corrected chi connectivity index (χ4v) is 4.10. The van der Waals surface area contributed by atoms with Gasteiger partial charge in [-0.25, -0.2) is 0 Å². The Bertz CT molecular complexity index is 1080. The van der Waals surface area contributed by atoms with Gasteiger partial charge in [0.1, 0.15) is 5.75 Å². The van der Waals surface area contributed by atoms with Gasteiger partial charge in [-0.2, -0.15) is 0 Å². The van der Waals surface area contributed by atoms with E-state index >= 15 is 0 Å². The minimum atomic E-state index is -0.136. The Balaban J connectivity index is 1.41. The maximum atomic E-state index is 12.3. The third-order valence-electron chi connectivity index (χ3n) is 4.46. The molecule has 0 fully saturated rings. The molecular formula is C21H20BrCl2N3O3S. The van der Waals surface area contributed by atoms with Crippen LogP contribution in [0.5, 0.6) is 5.75 Å². The Morgan fingerprint density at radius 2 is 2.00 bits per heavy atom. The quantitative estimate of drug-likeness (QED) is 0.245. The van der Waals surface area contributed by atoms with Crippen molar-refractivity contribution in [2.24, 2.45) is 0 Å². The molecule has 0 radical (unpaired) electrons. The van der Waals surface area contributed by atoms with Crippen LogP contribution in [-0.4, -0.2) is 28.5 Å². The average Bonchev–Trinajstić information content (AvgIpc) is 3.19. The normalized spacial score (nSPS) is 10.9. The fraction of sp³-hybridized carbons (Fsp3) is 0.286. The molecule has 0 aliphatic carbocycles. The summed E-state index contributed by atoms with van der Waals surface area (Å²) in [6, 6.07) is 8.88. The fourth-order valence-electron chi connectivity index (χ4n) is 2.63. The molecule has 2 aromatic carbocycles. The highest BCUT2D eigenvalue weighted by Gasteiger charge is 2.12. The molecule has 164 valence electrons. The molecule has 0 bridgehead atoms. The van der Waals surface area contributed by atoms with Crippen molar-refractivity contribution >= 4 is 62.5 Å². The molecule has 3 aromatic rings. The number of nitrogens with zero attached hydrogens (tertiary/aromatic N) is 2. The number of rotatable bonds is 9. The van der Waals surface area contributed by atoms with Crippen LogP contribution < -0.4 is 10.1 Å². The number of anilines is 1. The van der Waals surface area contributed by atoms with Gasteiger partial charge in [0.25, 0.3) is 5.22 Å². The van der Waals surface area contributed by atoms with Gasteiger partial charge in [-0.05, 0) is 61.7 Å². The maximum Gasteiger partial charge on any atom is 0.277 e. The molecule has 1 N–H and O–H groups in total. The summed E-state index contributed by atoms with van der Waals surface area (Å²) in [5, 5.41) is 12.3. The first-order chi connectivity index (χ1) is 14.8. The molecule has 0 saturated carbocycles. The molecule has 6 nitrogen and oxygen atoms in total. The monoisotopic (exact) mass is 543 g/mol. The number of aromatic nitrogens is 2. The van der Waals surface area contributed by atoms with Crippen LogP contribution in [0.1, 0.15) is 23.4 Å². The number of hydrogen-bond donors (Lipinski definition) is 1. The number of carbonyl (C=O) groups excluding carboxylic acids is 1. The number of halogens is 3. The first-order valence-electron chi connectivity index (χ1n) is 9.42. The first kappa shape index (κ1) is 23.9. The predicted octanol–water partition coefficient (Wildman–Crippen LogP) is 6.50. The molecule has 0 aliphatic heterocycles. The molecule has 0 aliphatic rings. The van der Waals surface area contributed by atoms with Gasteiger partial charge in [-0.15, -0.1) is 10.2 Å². The Labute approximate surface area is 203 Å². The molecule has 10 heteroatoms. The van der Waals surface area contributed by atoms with E-state index in [1.54, 1.807) is 18.2 Å². The summed E-state index contributed by atoms with van der Waals surface area (Å²) >= 11 is 16.6. The van der Waals surface area contributed by atoms with Gasteiger partial charge in [-0.3, -0.25) is 4.79 Å². The molecule has 0 saturated heterocycles. The molecule has 1 heterocycles. The Kier molecular flexibility index (Phi) is 8.66. The number of thioether (sulfide) groups is 1. The number of amides is 1. The van der Waals surface area contributed by atoms with Gasteiger partial charge in [0, 0.05) is 21.6 Å². The highest BCUT2D eigenvalue weighted by molar-refractivity contribution is 9.10. The lowest BCUT2D eigenvalue weighted by atomic mass is 10.1. The van der Waals surface area contributed by atoms with Gasteiger partial charge in [0.2, 0.25) is 11.8 Å². The van der Waals surface area contributed by atoms with E-state index in [2.05, 4.69) is 31.4 Å². The molecule has 0 unspecified atom stereocenters. The van der Waals surface area contributed by atoms with Gasteiger partial charge in [0.15, 0.2) is 0 Å². The number of nitrogens with one attached hydrogen (secondary N) is 1. The van der Waals surface area contributed by atoms with E-state index in [1.807, 2.05) is 26.0 Å². The van der Waals surface area contributed by atoms with Crippen molar-refractivity contribution in [1.82, 2.24) is 10.2 Å². The number of benzene rings is 2. The van der Waals surface area contributed by atoms with E-state index in [9.17, 15) is 4.79 Å². The number of hydrogen-bond acceptors (Lipinski definition) is 6. The minimum absolute atomic E-state index is 0.136. The largest absolute Gasteiger partial charge is 0.492 e. The van der Waals surface area contributed by atoms with Crippen LogP contribution in [0, 0.1) is 13.8 Å².